The van der Waals surface area contributed by atoms with E-state index in [9.17, 15) is 9.90 Å². The molecule has 2 aromatic carbocycles. The van der Waals surface area contributed by atoms with Gasteiger partial charge in [-0.05, 0) is 17.2 Å². The molecule has 2 nitrogen and oxygen atoms in total. The highest BCUT2D eigenvalue weighted by molar-refractivity contribution is 7.16. The van der Waals surface area contributed by atoms with E-state index in [4.69, 9.17) is 0 Å². The monoisotopic (exact) mass is 294 g/mol. The summed E-state index contributed by atoms with van der Waals surface area (Å²) in [4.78, 5) is 13.4. The van der Waals surface area contributed by atoms with Crippen LogP contribution in [0.15, 0.2) is 66.7 Å². The van der Waals surface area contributed by atoms with Gasteiger partial charge in [0.25, 0.3) is 0 Å². The average molecular weight is 294 g/mol. The van der Waals surface area contributed by atoms with Crippen LogP contribution in [-0.2, 0) is 6.42 Å². The molecule has 0 saturated heterocycles. The van der Waals surface area contributed by atoms with E-state index < -0.39 is 5.97 Å². The van der Waals surface area contributed by atoms with Crippen LogP contribution >= 0.6 is 11.3 Å². The molecule has 0 amide bonds. The first-order chi connectivity index (χ1) is 10.2. The van der Waals surface area contributed by atoms with Gasteiger partial charge < -0.3 is 5.11 Å². The van der Waals surface area contributed by atoms with E-state index in [1.807, 2.05) is 48.5 Å². The van der Waals surface area contributed by atoms with Gasteiger partial charge in [0.15, 0.2) is 0 Å². The fraction of sp³-hybridized carbons (Fsp3) is 0.0556. The predicted octanol–water partition coefficient (Wildman–Crippen LogP) is 4.70. The smallest absolute Gasteiger partial charge is 0.337 e. The van der Waals surface area contributed by atoms with Gasteiger partial charge in [-0.2, -0.15) is 0 Å². The summed E-state index contributed by atoms with van der Waals surface area (Å²) in [6.45, 7) is 0. The number of carboxylic acid groups (broad SMARTS) is 1. The summed E-state index contributed by atoms with van der Waals surface area (Å²) in [6, 6.07) is 21.6. The van der Waals surface area contributed by atoms with Crippen LogP contribution in [0.3, 0.4) is 0 Å². The Labute approximate surface area is 127 Å². The van der Waals surface area contributed by atoms with Crippen LogP contribution < -0.4 is 0 Å². The van der Waals surface area contributed by atoms with Crippen molar-refractivity contribution in [3.8, 4) is 10.4 Å². The molecule has 0 fully saturated rings. The zero-order chi connectivity index (χ0) is 14.7. The third kappa shape index (κ3) is 3.03. The number of aromatic carboxylic acids is 1. The van der Waals surface area contributed by atoms with Crippen LogP contribution in [0.1, 0.15) is 20.8 Å². The molecular weight excluding hydrogens is 280 g/mol. The highest BCUT2D eigenvalue weighted by Gasteiger charge is 2.16. The molecule has 104 valence electrons. The Kier molecular flexibility index (Phi) is 3.84. The Bertz CT molecular complexity index is 745. The average Bonchev–Trinajstić information content (AvgIpc) is 2.93. The standard InChI is InChI=1S/C18H14O2S/c19-18(20)16-12-15(11-13-7-3-1-4-8-13)21-17(16)14-9-5-2-6-10-14/h1-10,12H,11H2,(H,19,20). The van der Waals surface area contributed by atoms with Crippen LogP contribution in [0.5, 0.6) is 0 Å². The Hall–Kier alpha value is -2.39. The second-order valence-electron chi connectivity index (χ2n) is 4.79. The van der Waals surface area contributed by atoms with Crippen molar-refractivity contribution in [3.63, 3.8) is 0 Å². The summed E-state index contributed by atoms with van der Waals surface area (Å²) in [6.07, 6.45) is 0.763. The van der Waals surface area contributed by atoms with E-state index in [0.717, 1.165) is 21.7 Å². The minimum atomic E-state index is -0.871. The van der Waals surface area contributed by atoms with Crippen LogP contribution in [0.25, 0.3) is 10.4 Å². The van der Waals surface area contributed by atoms with Gasteiger partial charge in [-0.15, -0.1) is 11.3 Å². The molecule has 3 rings (SSSR count). The van der Waals surface area contributed by atoms with Crippen molar-refractivity contribution >= 4 is 17.3 Å². The maximum atomic E-state index is 11.5. The number of hydrogen-bond acceptors (Lipinski definition) is 2. The molecule has 3 heteroatoms. The number of thiophene rings is 1. The van der Waals surface area contributed by atoms with Crippen LogP contribution in [0.2, 0.25) is 0 Å². The Morgan fingerprint density at radius 1 is 0.952 bits per heavy atom. The van der Waals surface area contributed by atoms with Gasteiger partial charge in [0, 0.05) is 16.2 Å². The number of hydrogen-bond donors (Lipinski definition) is 1. The Balaban J connectivity index is 1.99. The molecule has 0 radical (unpaired) electrons. The minimum absolute atomic E-state index is 0.386. The molecule has 1 N–H and O–H groups in total. The number of carboxylic acids is 1. The molecule has 0 saturated carbocycles. The molecule has 0 unspecified atom stereocenters. The quantitative estimate of drug-likeness (QED) is 0.757. The lowest BCUT2D eigenvalue weighted by atomic mass is 10.1. The van der Waals surface area contributed by atoms with Gasteiger partial charge in [0.1, 0.15) is 0 Å². The highest BCUT2D eigenvalue weighted by Crippen LogP contribution is 2.33. The Morgan fingerprint density at radius 2 is 1.57 bits per heavy atom. The number of carbonyl (C=O) groups is 1. The van der Waals surface area contributed by atoms with E-state index in [2.05, 4.69) is 12.1 Å². The predicted molar refractivity (Wildman–Crippen MR) is 86.0 cm³/mol. The summed E-state index contributed by atoms with van der Waals surface area (Å²) < 4.78 is 0. The second-order valence-corrected chi connectivity index (χ2v) is 5.93. The summed E-state index contributed by atoms with van der Waals surface area (Å²) in [7, 11) is 0. The third-order valence-corrected chi connectivity index (χ3v) is 4.45. The van der Waals surface area contributed by atoms with Crippen molar-refractivity contribution in [2.45, 2.75) is 6.42 Å². The number of benzene rings is 2. The molecule has 0 aliphatic heterocycles. The van der Waals surface area contributed by atoms with Crippen LogP contribution in [0.4, 0.5) is 0 Å². The largest absolute Gasteiger partial charge is 0.478 e. The van der Waals surface area contributed by atoms with Crippen molar-refractivity contribution in [3.05, 3.63) is 82.7 Å². The molecular formula is C18H14O2S. The van der Waals surface area contributed by atoms with Crippen molar-refractivity contribution in [2.75, 3.05) is 0 Å². The zero-order valence-corrected chi connectivity index (χ0v) is 12.1. The highest BCUT2D eigenvalue weighted by atomic mass is 32.1. The van der Waals surface area contributed by atoms with Gasteiger partial charge in [-0.3, -0.25) is 0 Å². The van der Waals surface area contributed by atoms with Gasteiger partial charge in [0.05, 0.1) is 5.56 Å². The molecule has 0 atom stereocenters. The number of rotatable bonds is 4. The van der Waals surface area contributed by atoms with Crippen LogP contribution in [0, 0.1) is 0 Å². The lowest BCUT2D eigenvalue weighted by molar-refractivity contribution is 0.0698. The van der Waals surface area contributed by atoms with Crippen molar-refractivity contribution in [1.82, 2.24) is 0 Å². The SMILES string of the molecule is O=C(O)c1cc(Cc2ccccc2)sc1-c1ccccc1. The first-order valence-electron chi connectivity index (χ1n) is 6.69. The molecule has 1 heterocycles. The minimum Gasteiger partial charge on any atom is -0.478 e. The van der Waals surface area contributed by atoms with Crippen molar-refractivity contribution in [2.24, 2.45) is 0 Å². The fourth-order valence-corrected chi connectivity index (χ4v) is 3.48. The molecule has 0 spiro atoms. The van der Waals surface area contributed by atoms with Gasteiger partial charge in [0.2, 0.25) is 0 Å². The van der Waals surface area contributed by atoms with Crippen molar-refractivity contribution < 1.29 is 9.90 Å². The summed E-state index contributed by atoms with van der Waals surface area (Å²) in [5.41, 5.74) is 2.53. The molecule has 21 heavy (non-hydrogen) atoms. The zero-order valence-electron chi connectivity index (χ0n) is 11.3. The summed E-state index contributed by atoms with van der Waals surface area (Å²) >= 11 is 1.55. The molecule has 0 aliphatic carbocycles. The first kappa shape index (κ1) is 13.6. The molecule has 0 bridgehead atoms. The summed E-state index contributed by atoms with van der Waals surface area (Å²) in [5, 5.41) is 9.41. The molecule has 1 aromatic heterocycles. The van der Waals surface area contributed by atoms with E-state index in [1.165, 1.54) is 5.56 Å². The lowest BCUT2D eigenvalue weighted by Gasteiger charge is -1.99. The molecule has 3 aromatic rings. The lowest BCUT2D eigenvalue weighted by Crippen LogP contribution is -1.95. The third-order valence-electron chi connectivity index (χ3n) is 3.27. The topological polar surface area (TPSA) is 37.3 Å². The first-order valence-corrected chi connectivity index (χ1v) is 7.51. The summed E-state index contributed by atoms with van der Waals surface area (Å²) in [5.74, 6) is -0.871. The maximum Gasteiger partial charge on any atom is 0.337 e. The molecule has 0 aliphatic rings. The van der Waals surface area contributed by atoms with Gasteiger partial charge in [-0.1, -0.05) is 60.7 Å². The van der Waals surface area contributed by atoms with Crippen LogP contribution in [-0.4, -0.2) is 11.1 Å². The van der Waals surface area contributed by atoms with Gasteiger partial charge in [-0.25, -0.2) is 4.79 Å². The van der Waals surface area contributed by atoms with E-state index in [-0.39, 0.29) is 0 Å². The Morgan fingerprint density at radius 3 is 2.19 bits per heavy atom. The normalized spacial score (nSPS) is 10.5. The van der Waals surface area contributed by atoms with E-state index in [1.54, 1.807) is 17.4 Å². The fourth-order valence-electron chi connectivity index (χ4n) is 2.29. The van der Waals surface area contributed by atoms with Crippen molar-refractivity contribution in [1.29, 1.82) is 0 Å². The maximum absolute atomic E-state index is 11.5. The second kappa shape index (κ2) is 5.94. The van der Waals surface area contributed by atoms with E-state index >= 15 is 0 Å². The van der Waals surface area contributed by atoms with E-state index in [0.29, 0.717) is 5.56 Å². The van der Waals surface area contributed by atoms with Gasteiger partial charge >= 0.3 is 5.97 Å².